The van der Waals surface area contributed by atoms with Crippen molar-refractivity contribution >= 4 is 28.6 Å². The molecule has 0 spiro atoms. The number of carbonyl (C=O) groups is 2. The maximum Gasteiger partial charge on any atom is 0.338 e. The molecule has 1 N–H and O–H groups in total. The molecule has 1 aromatic heterocycles. The first-order valence-corrected chi connectivity index (χ1v) is 7.62. The summed E-state index contributed by atoms with van der Waals surface area (Å²) >= 11 is 0. The van der Waals surface area contributed by atoms with E-state index in [4.69, 9.17) is 4.74 Å². The summed E-state index contributed by atoms with van der Waals surface area (Å²) in [6, 6.07) is 7.56. The highest BCUT2D eigenvalue weighted by atomic mass is 19.2. The molecule has 8 heteroatoms. The highest BCUT2D eigenvalue weighted by molar-refractivity contribution is 5.98. The number of nitrogens with one attached hydrogen (secondary N) is 1. The van der Waals surface area contributed by atoms with Gasteiger partial charge in [-0.1, -0.05) is 0 Å². The number of anilines is 1. The summed E-state index contributed by atoms with van der Waals surface area (Å²) < 4.78 is 31.2. The molecule has 0 aliphatic heterocycles. The number of rotatable bonds is 4. The number of esters is 1. The van der Waals surface area contributed by atoms with E-state index in [0.717, 1.165) is 12.1 Å². The van der Waals surface area contributed by atoms with Crippen molar-refractivity contribution in [3.63, 3.8) is 0 Å². The van der Waals surface area contributed by atoms with Gasteiger partial charge in [-0.15, -0.1) is 0 Å². The zero-order valence-electron chi connectivity index (χ0n) is 13.6. The fourth-order valence-electron chi connectivity index (χ4n) is 2.19. The Morgan fingerprint density at radius 3 is 2.46 bits per heavy atom. The molecule has 0 unspecified atom stereocenters. The molecule has 0 aliphatic carbocycles. The van der Waals surface area contributed by atoms with Crippen LogP contribution in [0.4, 0.5) is 14.5 Å². The Balaban J connectivity index is 1.67. The Kier molecular flexibility index (Phi) is 4.83. The van der Waals surface area contributed by atoms with Crippen LogP contribution in [0.1, 0.15) is 17.3 Å². The SMILES string of the molecule is C[C@@H](OC(=O)c1ccc2nccnc2c1)C(=O)Nc1ccc(F)c(F)c1. The topological polar surface area (TPSA) is 81.2 Å². The van der Waals surface area contributed by atoms with Crippen LogP contribution >= 0.6 is 0 Å². The largest absolute Gasteiger partial charge is 0.449 e. The van der Waals surface area contributed by atoms with Gasteiger partial charge in [0.2, 0.25) is 0 Å². The fraction of sp³-hybridized carbons (Fsp3) is 0.111. The third-order valence-corrected chi connectivity index (χ3v) is 3.55. The van der Waals surface area contributed by atoms with Gasteiger partial charge in [-0.05, 0) is 37.3 Å². The third kappa shape index (κ3) is 3.80. The first kappa shape index (κ1) is 17.4. The summed E-state index contributed by atoms with van der Waals surface area (Å²) in [5.74, 6) is -3.51. The normalized spacial score (nSPS) is 11.8. The quantitative estimate of drug-likeness (QED) is 0.726. The van der Waals surface area contributed by atoms with Crippen LogP contribution in [0.25, 0.3) is 11.0 Å². The van der Waals surface area contributed by atoms with Gasteiger partial charge in [0.05, 0.1) is 16.6 Å². The van der Waals surface area contributed by atoms with Gasteiger partial charge < -0.3 is 10.1 Å². The third-order valence-electron chi connectivity index (χ3n) is 3.55. The molecule has 1 heterocycles. The molecule has 0 radical (unpaired) electrons. The van der Waals surface area contributed by atoms with Crippen LogP contribution in [0.15, 0.2) is 48.8 Å². The number of ether oxygens (including phenoxy) is 1. The number of amides is 1. The van der Waals surface area contributed by atoms with Crippen molar-refractivity contribution in [2.75, 3.05) is 5.32 Å². The van der Waals surface area contributed by atoms with Crippen molar-refractivity contribution in [1.82, 2.24) is 9.97 Å². The van der Waals surface area contributed by atoms with Gasteiger partial charge in [-0.25, -0.2) is 13.6 Å². The minimum absolute atomic E-state index is 0.0535. The predicted molar refractivity (Wildman–Crippen MR) is 89.4 cm³/mol. The van der Waals surface area contributed by atoms with Crippen molar-refractivity contribution in [3.8, 4) is 0 Å². The lowest BCUT2D eigenvalue weighted by atomic mass is 10.2. The van der Waals surface area contributed by atoms with Gasteiger partial charge in [-0.2, -0.15) is 0 Å². The Bertz CT molecular complexity index is 994. The second kappa shape index (κ2) is 7.22. The van der Waals surface area contributed by atoms with Gasteiger partial charge >= 0.3 is 5.97 Å². The summed E-state index contributed by atoms with van der Waals surface area (Å²) in [6.07, 6.45) is 1.88. The molecule has 26 heavy (non-hydrogen) atoms. The monoisotopic (exact) mass is 357 g/mol. The summed E-state index contributed by atoms with van der Waals surface area (Å²) in [5, 5.41) is 2.35. The van der Waals surface area contributed by atoms with Crippen molar-refractivity contribution in [3.05, 3.63) is 66.0 Å². The summed E-state index contributed by atoms with van der Waals surface area (Å²) in [4.78, 5) is 32.4. The molecule has 132 valence electrons. The average Bonchev–Trinajstić information content (AvgIpc) is 2.64. The molecule has 0 saturated heterocycles. The molecule has 3 aromatic rings. The van der Waals surface area contributed by atoms with E-state index in [1.165, 1.54) is 37.5 Å². The standard InChI is InChI=1S/C18H13F2N3O3/c1-10(17(24)23-12-3-4-13(19)14(20)9-12)26-18(25)11-2-5-15-16(8-11)22-7-6-21-15/h2-10H,1H3,(H,23,24)/t10-/m1/s1. The van der Waals surface area contributed by atoms with E-state index in [1.54, 1.807) is 6.07 Å². The Morgan fingerprint density at radius 1 is 1.00 bits per heavy atom. The zero-order chi connectivity index (χ0) is 18.7. The number of fused-ring (bicyclic) bond motifs is 1. The van der Waals surface area contributed by atoms with Crippen LogP contribution in [0.5, 0.6) is 0 Å². The van der Waals surface area contributed by atoms with Gasteiger partial charge in [-0.3, -0.25) is 14.8 Å². The van der Waals surface area contributed by atoms with Gasteiger partial charge in [0.25, 0.3) is 5.91 Å². The van der Waals surface area contributed by atoms with Crippen LogP contribution in [-0.4, -0.2) is 27.9 Å². The average molecular weight is 357 g/mol. The minimum atomic E-state index is -1.15. The van der Waals surface area contributed by atoms with Crippen molar-refractivity contribution < 1.29 is 23.1 Å². The molecular weight excluding hydrogens is 344 g/mol. The van der Waals surface area contributed by atoms with E-state index in [0.29, 0.717) is 11.0 Å². The number of nitrogens with zero attached hydrogens (tertiary/aromatic N) is 2. The highest BCUT2D eigenvalue weighted by Gasteiger charge is 2.20. The Morgan fingerprint density at radius 2 is 1.73 bits per heavy atom. The second-order valence-corrected chi connectivity index (χ2v) is 5.43. The van der Waals surface area contributed by atoms with Gasteiger partial charge in [0.1, 0.15) is 0 Å². The lowest BCUT2D eigenvalue weighted by Crippen LogP contribution is -2.30. The molecule has 0 saturated carbocycles. The molecule has 0 aliphatic rings. The summed E-state index contributed by atoms with van der Waals surface area (Å²) in [7, 11) is 0. The number of benzene rings is 2. The van der Waals surface area contributed by atoms with E-state index < -0.39 is 29.6 Å². The first-order valence-electron chi connectivity index (χ1n) is 7.62. The number of carbonyl (C=O) groups excluding carboxylic acids is 2. The second-order valence-electron chi connectivity index (χ2n) is 5.43. The molecular formula is C18H13F2N3O3. The maximum atomic E-state index is 13.2. The fourth-order valence-corrected chi connectivity index (χ4v) is 2.19. The van der Waals surface area contributed by atoms with E-state index in [2.05, 4.69) is 15.3 Å². The molecule has 3 rings (SSSR count). The molecule has 1 atom stereocenters. The molecule has 2 aromatic carbocycles. The van der Waals surface area contributed by atoms with Crippen LogP contribution in [0, 0.1) is 11.6 Å². The zero-order valence-corrected chi connectivity index (χ0v) is 13.6. The lowest BCUT2D eigenvalue weighted by molar-refractivity contribution is -0.123. The number of halogens is 2. The van der Waals surface area contributed by atoms with Crippen molar-refractivity contribution in [2.45, 2.75) is 13.0 Å². The number of hydrogen-bond donors (Lipinski definition) is 1. The van der Waals surface area contributed by atoms with Crippen LogP contribution in [0.2, 0.25) is 0 Å². The molecule has 0 bridgehead atoms. The van der Waals surface area contributed by atoms with Crippen molar-refractivity contribution in [1.29, 1.82) is 0 Å². The lowest BCUT2D eigenvalue weighted by Gasteiger charge is -2.14. The van der Waals surface area contributed by atoms with Gasteiger partial charge in [0, 0.05) is 24.1 Å². The van der Waals surface area contributed by atoms with E-state index in [-0.39, 0.29) is 11.3 Å². The highest BCUT2D eigenvalue weighted by Crippen LogP contribution is 2.15. The van der Waals surface area contributed by atoms with Crippen LogP contribution in [0.3, 0.4) is 0 Å². The van der Waals surface area contributed by atoms with E-state index in [1.807, 2.05) is 0 Å². The van der Waals surface area contributed by atoms with Crippen LogP contribution < -0.4 is 5.32 Å². The minimum Gasteiger partial charge on any atom is -0.449 e. The van der Waals surface area contributed by atoms with Crippen LogP contribution in [-0.2, 0) is 9.53 Å². The van der Waals surface area contributed by atoms with E-state index >= 15 is 0 Å². The maximum absolute atomic E-state index is 13.2. The summed E-state index contributed by atoms with van der Waals surface area (Å²) in [5.41, 5.74) is 1.40. The van der Waals surface area contributed by atoms with Crippen molar-refractivity contribution in [2.24, 2.45) is 0 Å². The Labute approximate surface area is 146 Å². The predicted octanol–water partition coefficient (Wildman–Crippen LogP) is 3.09. The van der Waals surface area contributed by atoms with Gasteiger partial charge in [0.15, 0.2) is 17.7 Å². The summed E-state index contributed by atoms with van der Waals surface area (Å²) in [6.45, 7) is 1.37. The Hall–Kier alpha value is -3.42. The number of aromatic nitrogens is 2. The molecule has 0 fully saturated rings. The first-order chi connectivity index (χ1) is 12.4. The smallest absolute Gasteiger partial charge is 0.338 e. The molecule has 6 nitrogen and oxygen atoms in total. The molecule has 1 amide bonds. The van der Waals surface area contributed by atoms with E-state index in [9.17, 15) is 18.4 Å². The number of hydrogen-bond acceptors (Lipinski definition) is 5.